The number of benzene rings is 2. The largest absolute Gasteiger partial charge is 0.497 e. The third-order valence-electron chi connectivity index (χ3n) is 2.77. The second-order valence-electron chi connectivity index (χ2n) is 4.14. The number of thiocarbonyl (C=S) groups is 1. The van der Waals surface area contributed by atoms with Gasteiger partial charge in [0, 0.05) is 15.6 Å². The molecule has 0 aliphatic rings. The Kier molecular flexibility index (Phi) is 4.98. The number of methoxy groups -OCH3 is 1. The molecule has 3 nitrogen and oxygen atoms in total. The SMILES string of the molecule is COc1ccc(Br)c(COc2cccc(C(N)=S)c2)c1. The Morgan fingerprint density at radius 3 is 2.70 bits per heavy atom. The molecule has 0 atom stereocenters. The minimum Gasteiger partial charge on any atom is -0.497 e. The van der Waals surface area contributed by atoms with E-state index in [-0.39, 0.29) is 0 Å². The van der Waals surface area contributed by atoms with E-state index < -0.39 is 0 Å². The first-order valence-corrected chi connectivity index (χ1v) is 7.15. The number of rotatable bonds is 5. The summed E-state index contributed by atoms with van der Waals surface area (Å²) in [6.07, 6.45) is 0. The van der Waals surface area contributed by atoms with Gasteiger partial charge in [0.15, 0.2) is 0 Å². The summed E-state index contributed by atoms with van der Waals surface area (Å²) in [4.78, 5) is 0.359. The molecule has 0 amide bonds. The Hall–Kier alpha value is -1.59. The Morgan fingerprint density at radius 1 is 1.20 bits per heavy atom. The van der Waals surface area contributed by atoms with Crippen molar-refractivity contribution in [2.24, 2.45) is 5.73 Å². The highest BCUT2D eigenvalue weighted by Crippen LogP contribution is 2.24. The molecule has 0 fully saturated rings. The first-order chi connectivity index (χ1) is 9.60. The van der Waals surface area contributed by atoms with Gasteiger partial charge >= 0.3 is 0 Å². The molecule has 0 bridgehead atoms. The average molecular weight is 352 g/mol. The lowest BCUT2D eigenvalue weighted by atomic mass is 10.2. The molecule has 0 aliphatic heterocycles. The Morgan fingerprint density at radius 2 is 2.00 bits per heavy atom. The smallest absolute Gasteiger partial charge is 0.120 e. The van der Waals surface area contributed by atoms with Crippen LogP contribution in [-0.4, -0.2) is 12.1 Å². The molecule has 2 N–H and O–H groups in total. The summed E-state index contributed by atoms with van der Waals surface area (Å²) in [6.45, 7) is 0.429. The fourth-order valence-electron chi connectivity index (χ4n) is 1.69. The summed E-state index contributed by atoms with van der Waals surface area (Å²) in [6, 6.07) is 13.2. The van der Waals surface area contributed by atoms with Crippen LogP contribution in [0.25, 0.3) is 0 Å². The average Bonchev–Trinajstić information content (AvgIpc) is 2.46. The first-order valence-electron chi connectivity index (χ1n) is 5.95. The molecule has 0 radical (unpaired) electrons. The molecule has 2 aromatic rings. The Bertz CT molecular complexity index is 631. The van der Waals surface area contributed by atoms with Crippen molar-refractivity contribution in [3.8, 4) is 11.5 Å². The third-order valence-corrected chi connectivity index (χ3v) is 3.78. The Labute approximate surface area is 131 Å². The van der Waals surface area contributed by atoms with Crippen molar-refractivity contribution in [2.75, 3.05) is 7.11 Å². The highest BCUT2D eigenvalue weighted by molar-refractivity contribution is 9.10. The molecule has 20 heavy (non-hydrogen) atoms. The normalized spacial score (nSPS) is 10.1. The number of ether oxygens (including phenoxy) is 2. The number of nitrogens with two attached hydrogens (primary N) is 1. The van der Waals surface area contributed by atoms with E-state index in [1.807, 2.05) is 42.5 Å². The molecule has 2 rings (SSSR count). The van der Waals surface area contributed by atoms with E-state index in [4.69, 9.17) is 27.4 Å². The maximum Gasteiger partial charge on any atom is 0.120 e. The summed E-state index contributed by atoms with van der Waals surface area (Å²) in [5.74, 6) is 1.52. The van der Waals surface area contributed by atoms with Crippen LogP contribution in [0.3, 0.4) is 0 Å². The van der Waals surface area contributed by atoms with E-state index in [9.17, 15) is 0 Å². The van der Waals surface area contributed by atoms with E-state index in [0.29, 0.717) is 11.6 Å². The number of halogens is 1. The van der Waals surface area contributed by atoms with Crippen LogP contribution in [0.2, 0.25) is 0 Å². The van der Waals surface area contributed by atoms with E-state index >= 15 is 0 Å². The highest BCUT2D eigenvalue weighted by atomic mass is 79.9. The Balaban J connectivity index is 2.12. The highest BCUT2D eigenvalue weighted by Gasteiger charge is 2.04. The van der Waals surface area contributed by atoms with Crippen LogP contribution in [0.15, 0.2) is 46.9 Å². The summed E-state index contributed by atoms with van der Waals surface area (Å²) >= 11 is 8.45. The standard InChI is InChI=1S/C15H14BrNO2S/c1-18-12-5-6-14(16)11(8-12)9-19-13-4-2-3-10(7-13)15(17)20/h2-8H,9H2,1H3,(H2,17,20). The van der Waals surface area contributed by atoms with Crippen molar-refractivity contribution >= 4 is 33.1 Å². The van der Waals surface area contributed by atoms with E-state index in [0.717, 1.165) is 27.1 Å². The van der Waals surface area contributed by atoms with Crippen LogP contribution in [-0.2, 0) is 6.61 Å². The van der Waals surface area contributed by atoms with Crippen molar-refractivity contribution in [3.05, 3.63) is 58.1 Å². The molecule has 0 unspecified atom stereocenters. The van der Waals surface area contributed by atoms with Crippen molar-refractivity contribution < 1.29 is 9.47 Å². The maximum atomic E-state index is 5.76. The van der Waals surface area contributed by atoms with Gasteiger partial charge in [-0.1, -0.05) is 40.3 Å². The molecular weight excluding hydrogens is 338 g/mol. The van der Waals surface area contributed by atoms with E-state index in [1.54, 1.807) is 7.11 Å². The lowest BCUT2D eigenvalue weighted by molar-refractivity contribution is 0.304. The fourth-order valence-corrected chi connectivity index (χ4v) is 2.18. The topological polar surface area (TPSA) is 44.5 Å². The predicted molar refractivity (Wildman–Crippen MR) is 87.4 cm³/mol. The van der Waals surface area contributed by atoms with Gasteiger partial charge in [-0.2, -0.15) is 0 Å². The molecule has 0 aromatic heterocycles. The zero-order valence-electron chi connectivity index (χ0n) is 10.9. The molecule has 0 heterocycles. The monoisotopic (exact) mass is 351 g/mol. The molecule has 0 spiro atoms. The summed E-state index contributed by atoms with van der Waals surface area (Å²) in [5.41, 5.74) is 7.40. The number of hydrogen-bond donors (Lipinski definition) is 1. The first kappa shape index (κ1) is 14.8. The lowest BCUT2D eigenvalue weighted by Crippen LogP contribution is -2.09. The van der Waals surface area contributed by atoms with Gasteiger partial charge in [0.2, 0.25) is 0 Å². The van der Waals surface area contributed by atoms with Crippen molar-refractivity contribution in [1.82, 2.24) is 0 Å². The minimum absolute atomic E-state index is 0.359. The second-order valence-corrected chi connectivity index (χ2v) is 5.43. The zero-order chi connectivity index (χ0) is 14.5. The van der Waals surface area contributed by atoms with Crippen molar-refractivity contribution in [1.29, 1.82) is 0 Å². The van der Waals surface area contributed by atoms with Gasteiger partial charge in [-0.15, -0.1) is 0 Å². The van der Waals surface area contributed by atoms with E-state index in [1.165, 1.54) is 0 Å². The van der Waals surface area contributed by atoms with E-state index in [2.05, 4.69) is 15.9 Å². The fraction of sp³-hybridized carbons (Fsp3) is 0.133. The summed E-state index contributed by atoms with van der Waals surface area (Å²) in [5, 5.41) is 0. The van der Waals surface area contributed by atoms with Gasteiger partial charge < -0.3 is 15.2 Å². The van der Waals surface area contributed by atoms with Crippen LogP contribution in [0, 0.1) is 0 Å². The van der Waals surface area contributed by atoms with Gasteiger partial charge in [-0.05, 0) is 30.3 Å². The summed E-state index contributed by atoms with van der Waals surface area (Å²) < 4.78 is 11.9. The zero-order valence-corrected chi connectivity index (χ0v) is 13.3. The van der Waals surface area contributed by atoms with Crippen LogP contribution in [0.5, 0.6) is 11.5 Å². The molecule has 0 aliphatic carbocycles. The van der Waals surface area contributed by atoms with Gasteiger partial charge in [-0.3, -0.25) is 0 Å². The quantitative estimate of drug-likeness (QED) is 0.834. The minimum atomic E-state index is 0.359. The van der Waals surface area contributed by atoms with Crippen LogP contribution in [0.1, 0.15) is 11.1 Å². The molecule has 0 saturated heterocycles. The van der Waals surface area contributed by atoms with Crippen LogP contribution < -0.4 is 15.2 Å². The molecular formula is C15H14BrNO2S. The predicted octanol–water partition coefficient (Wildman–Crippen LogP) is 3.67. The van der Waals surface area contributed by atoms with Crippen LogP contribution in [0.4, 0.5) is 0 Å². The molecule has 104 valence electrons. The molecule has 5 heteroatoms. The van der Waals surface area contributed by atoms with Gasteiger partial charge in [-0.25, -0.2) is 0 Å². The van der Waals surface area contributed by atoms with Gasteiger partial charge in [0.05, 0.1) is 7.11 Å². The van der Waals surface area contributed by atoms with Crippen molar-refractivity contribution in [3.63, 3.8) is 0 Å². The summed E-state index contributed by atoms with van der Waals surface area (Å²) in [7, 11) is 1.64. The van der Waals surface area contributed by atoms with Crippen molar-refractivity contribution in [2.45, 2.75) is 6.61 Å². The lowest BCUT2D eigenvalue weighted by Gasteiger charge is -2.10. The number of hydrogen-bond acceptors (Lipinski definition) is 3. The van der Waals surface area contributed by atoms with Gasteiger partial charge in [0.25, 0.3) is 0 Å². The second kappa shape index (κ2) is 6.72. The van der Waals surface area contributed by atoms with Gasteiger partial charge in [0.1, 0.15) is 23.1 Å². The maximum absolute atomic E-state index is 5.76. The molecule has 2 aromatic carbocycles. The third kappa shape index (κ3) is 3.71. The van der Waals surface area contributed by atoms with Crippen LogP contribution >= 0.6 is 28.1 Å². The molecule has 0 saturated carbocycles.